The normalized spacial score (nSPS) is 39.9. The van der Waals surface area contributed by atoms with Crippen LogP contribution in [-0.2, 0) is 4.74 Å². The summed E-state index contributed by atoms with van der Waals surface area (Å²) in [5, 5.41) is 48.8. The minimum atomic E-state index is -1.50. The van der Waals surface area contributed by atoms with Gasteiger partial charge in [0.2, 0.25) is 0 Å². The summed E-state index contributed by atoms with van der Waals surface area (Å²) >= 11 is 0. The molecule has 16 heavy (non-hydrogen) atoms. The number of hydrogen-bond donors (Lipinski definition) is 6. The van der Waals surface area contributed by atoms with Crippen LogP contribution in [0.3, 0.4) is 0 Å². The minimum absolute atomic E-state index is 0.0606. The van der Waals surface area contributed by atoms with Gasteiger partial charge >= 0.3 is 0 Å². The highest BCUT2D eigenvalue weighted by atomic mass is 16.6. The van der Waals surface area contributed by atoms with Gasteiger partial charge in [-0.15, -0.1) is 0 Å². The second-order valence-electron chi connectivity index (χ2n) is 3.82. The van der Waals surface area contributed by atoms with E-state index in [9.17, 15) is 20.4 Å². The largest absolute Gasteiger partial charge is 0.396 e. The summed E-state index contributed by atoms with van der Waals surface area (Å²) in [6.07, 6.45) is -5.89. The molecule has 1 aliphatic rings. The van der Waals surface area contributed by atoms with Crippen molar-refractivity contribution in [3.63, 3.8) is 0 Å². The first-order chi connectivity index (χ1) is 7.57. The van der Waals surface area contributed by atoms with Crippen molar-refractivity contribution < 1.29 is 30.3 Å². The Morgan fingerprint density at radius 3 is 2.31 bits per heavy atom. The van der Waals surface area contributed by atoms with Crippen LogP contribution in [0, 0.1) is 0 Å². The van der Waals surface area contributed by atoms with E-state index in [1.807, 2.05) is 0 Å². The molecule has 96 valence electrons. The van der Waals surface area contributed by atoms with Crippen molar-refractivity contribution >= 4 is 0 Å². The SMILES string of the molecule is OCCCNC[C@H]1O[C@H](O)[C@H](O)[C@@H](O)[C@@H]1O. The van der Waals surface area contributed by atoms with E-state index >= 15 is 0 Å². The molecule has 0 radical (unpaired) electrons. The van der Waals surface area contributed by atoms with E-state index in [0.29, 0.717) is 13.0 Å². The van der Waals surface area contributed by atoms with Crippen LogP contribution in [0.4, 0.5) is 0 Å². The van der Waals surface area contributed by atoms with E-state index in [2.05, 4.69) is 5.32 Å². The average molecular weight is 237 g/mol. The summed E-state index contributed by atoms with van der Waals surface area (Å²) in [5.74, 6) is 0. The minimum Gasteiger partial charge on any atom is -0.396 e. The molecule has 0 aromatic rings. The molecule has 1 rings (SSSR count). The number of aliphatic hydroxyl groups excluding tert-OH is 5. The first-order valence-corrected chi connectivity index (χ1v) is 5.27. The van der Waals surface area contributed by atoms with Crippen LogP contribution in [0.2, 0.25) is 0 Å². The Hall–Kier alpha value is -0.280. The van der Waals surface area contributed by atoms with Crippen LogP contribution in [0.25, 0.3) is 0 Å². The van der Waals surface area contributed by atoms with Gasteiger partial charge in [-0.25, -0.2) is 0 Å². The van der Waals surface area contributed by atoms with Gasteiger partial charge < -0.3 is 35.6 Å². The number of aliphatic hydroxyl groups is 5. The van der Waals surface area contributed by atoms with Crippen LogP contribution in [0.5, 0.6) is 0 Å². The van der Waals surface area contributed by atoms with Crippen LogP contribution in [0.15, 0.2) is 0 Å². The third-order valence-electron chi connectivity index (χ3n) is 2.54. The fourth-order valence-corrected chi connectivity index (χ4v) is 1.55. The number of ether oxygens (including phenoxy) is 1. The van der Waals surface area contributed by atoms with Crippen molar-refractivity contribution in [1.82, 2.24) is 5.32 Å². The highest BCUT2D eigenvalue weighted by molar-refractivity contribution is 4.89. The number of hydrogen-bond acceptors (Lipinski definition) is 7. The first kappa shape index (κ1) is 13.8. The van der Waals surface area contributed by atoms with Crippen LogP contribution in [-0.4, -0.2) is 75.9 Å². The lowest BCUT2D eigenvalue weighted by Crippen LogP contribution is -2.59. The highest BCUT2D eigenvalue weighted by Gasteiger charge is 2.42. The Morgan fingerprint density at radius 2 is 1.69 bits per heavy atom. The molecule has 0 saturated carbocycles. The van der Waals surface area contributed by atoms with Crippen LogP contribution >= 0.6 is 0 Å². The molecule has 7 nitrogen and oxygen atoms in total. The fourth-order valence-electron chi connectivity index (χ4n) is 1.55. The first-order valence-electron chi connectivity index (χ1n) is 5.27. The third kappa shape index (κ3) is 3.36. The van der Waals surface area contributed by atoms with Gasteiger partial charge in [0.15, 0.2) is 6.29 Å². The maximum atomic E-state index is 9.55. The molecule has 0 unspecified atom stereocenters. The zero-order valence-electron chi connectivity index (χ0n) is 8.86. The molecule has 0 spiro atoms. The van der Waals surface area contributed by atoms with Crippen molar-refractivity contribution in [2.75, 3.05) is 19.7 Å². The zero-order valence-corrected chi connectivity index (χ0v) is 8.86. The third-order valence-corrected chi connectivity index (χ3v) is 2.54. The second-order valence-corrected chi connectivity index (χ2v) is 3.82. The van der Waals surface area contributed by atoms with E-state index in [4.69, 9.17) is 9.84 Å². The number of nitrogens with one attached hydrogen (secondary N) is 1. The summed E-state index contributed by atoms with van der Waals surface area (Å²) < 4.78 is 4.93. The van der Waals surface area contributed by atoms with E-state index in [1.54, 1.807) is 0 Å². The zero-order chi connectivity index (χ0) is 12.1. The van der Waals surface area contributed by atoms with Crippen molar-refractivity contribution in [2.45, 2.75) is 37.1 Å². The van der Waals surface area contributed by atoms with Crippen molar-refractivity contribution in [1.29, 1.82) is 0 Å². The number of rotatable bonds is 5. The molecule has 0 bridgehead atoms. The Bertz CT molecular complexity index is 204. The van der Waals surface area contributed by atoms with Crippen molar-refractivity contribution in [3.05, 3.63) is 0 Å². The van der Waals surface area contributed by atoms with Gasteiger partial charge in [-0.3, -0.25) is 0 Å². The fraction of sp³-hybridized carbons (Fsp3) is 1.00. The van der Waals surface area contributed by atoms with Gasteiger partial charge in [-0.1, -0.05) is 0 Å². The molecule has 0 aliphatic carbocycles. The molecule has 0 aromatic heterocycles. The Balaban J connectivity index is 2.35. The monoisotopic (exact) mass is 237 g/mol. The van der Waals surface area contributed by atoms with Gasteiger partial charge in [0, 0.05) is 13.2 Å². The lowest BCUT2D eigenvalue weighted by Gasteiger charge is -2.38. The van der Waals surface area contributed by atoms with Crippen molar-refractivity contribution in [2.24, 2.45) is 0 Å². The lowest BCUT2D eigenvalue weighted by molar-refractivity contribution is -0.280. The second kappa shape index (κ2) is 6.45. The summed E-state index contributed by atoms with van der Waals surface area (Å²) in [4.78, 5) is 0. The molecule has 1 heterocycles. The van der Waals surface area contributed by atoms with E-state index in [0.717, 1.165) is 0 Å². The Kier molecular flexibility index (Phi) is 5.56. The average Bonchev–Trinajstić information content (AvgIpc) is 2.28. The summed E-state index contributed by atoms with van der Waals surface area (Å²) in [5.41, 5.74) is 0. The molecule has 6 N–H and O–H groups in total. The smallest absolute Gasteiger partial charge is 0.184 e. The summed E-state index contributed by atoms with van der Waals surface area (Å²) in [7, 11) is 0. The molecule has 5 atom stereocenters. The predicted molar refractivity (Wildman–Crippen MR) is 53.5 cm³/mol. The molecule has 1 fully saturated rings. The molecule has 0 aromatic carbocycles. The van der Waals surface area contributed by atoms with E-state index in [-0.39, 0.29) is 13.2 Å². The van der Waals surface area contributed by atoms with Gasteiger partial charge in [0.05, 0.1) is 0 Å². The molecule has 1 aliphatic heterocycles. The maximum absolute atomic E-state index is 9.55. The topological polar surface area (TPSA) is 122 Å². The maximum Gasteiger partial charge on any atom is 0.184 e. The molecule has 1 saturated heterocycles. The van der Waals surface area contributed by atoms with Crippen LogP contribution < -0.4 is 5.32 Å². The standard InChI is InChI=1S/C9H19NO6/c11-3-1-2-10-4-5-6(12)7(13)8(14)9(15)16-5/h5-15H,1-4H2/t5-,6-,7+,8-,9+/m1/s1. The summed E-state index contributed by atoms with van der Waals surface area (Å²) in [6.45, 7) is 0.824. The van der Waals surface area contributed by atoms with E-state index < -0.39 is 30.7 Å². The van der Waals surface area contributed by atoms with E-state index in [1.165, 1.54) is 0 Å². The van der Waals surface area contributed by atoms with Crippen molar-refractivity contribution in [3.8, 4) is 0 Å². The lowest BCUT2D eigenvalue weighted by atomic mass is 9.99. The molecular formula is C9H19NO6. The van der Waals surface area contributed by atoms with Crippen LogP contribution in [0.1, 0.15) is 6.42 Å². The van der Waals surface area contributed by atoms with Gasteiger partial charge in [-0.2, -0.15) is 0 Å². The highest BCUT2D eigenvalue weighted by Crippen LogP contribution is 2.19. The molecule has 0 amide bonds. The predicted octanol–water partition coefficient (Wildman–Crippen LogP) is -3.24. The van der Waals surface area contributed by atoms with Gasteiger partial charge in [0.1, 0.15) is 24.4 Å². The Morgan fingerprint density at radius 1 is 1.00 bits per heavy atom. The molecule has 7 heteroatoms. The Labute approximate surface area is 93.3 Å². The quantitative estimate of drug-likeness (QED) is 0.278. The van der Waals surface area contributed by atoms with Gasteiger partial charge in [0.25, 0.3) is 0 Å². The summed E-state index contributed by atoms with van der Waals surface area (Å²) in [6, 6.07) is 0. The van der Waals surface area contributed by atoms with Gasteiger partial charge in [-0.05, 0) is 13.0 Å². The molecular weight excluding hydrogens is 218 g/mol.